The van der Waals surface area contributed by atoms with E-state index in [1.54, 1.807) is 0 Å². The molecular weight excluding hydrogens is 196 g/mol. The predicted molar refractivity (Wildman–Crippen MR) is 78.0 cm³/mol. The Morgan fingerprint density at radius 1 is 1.19 bits per heavy atom. The van der Waals surface area contributed by atoms with Crippen LogP contribution in [0.25, 0.3) is 0 Å². The van der Waals surface area contributed by atoms with Crippen LogP contribution in [0.1, 0.15) is 56.8 Å². The zero-order valence-corrected chi connectivity index (χ0v) is 12.2. The van der Waals surface area contributed by atoms with Gasteiger partial charge >= 0.3 is 0 Å². The summed E-state index contributed by atoms with van der Waals surface area (Å²) in [4.78, 5) is 4.46. The van der Waals surface area contributed by atoms with Crippen molar-refractivity contribution in [3.05, 3.63) is 23.4 Å². The molecule has 0 aromatic rings. The summed E-state index contributed by atoms with van der Waals surface area (Å²) in [6.07, 6.45) is 4.00. The van der Waals surface area contributed by atoms with Gasteiger partial charge in [-0.2, -0.15) is 0 Å². The maximum absolute atomic E-state index is 4.46. The number of hydrogen-bond acceptors (Lipinski definition) is 1. The third-order valence-corrected chi connectivity index (χ3v) is 1.65. The SMILES string of the molecule is CC.CC.CC(C)=C1C=CNC1=NC(C)C.[HH]. The molecule has 0 saturated heterocycles. The van der Waals surface area contributed by atoms with Crippen LogP contribution >= 0.6 is 0 Å². The highest BCUT2D eigenvalue weighted by atomic mass is 15.0. The largest absolute Gasteiger partial charge is 0.346 e. The first-order chi connectivity index (χ1) is 7.61. The zero-order chi connectivity index (χ0) is 13.1. The first kappa shape index (κ1) is 17.3. The first-order valence-electron chi connectivity index (χ1n) is 6.30. The van der Waals surface area contributed by atoms with Gasteiger partial charge in [0.25, 0.3) is 0 Å². The van der Waals surface area contributed by atoms with Crippen LogP contribution in [0.4, 0.5) is 0 Å². The summed E-state index contributed by atoms with van der Waals surface area (Å²) < 4.78 is 0. The lowest BCUT2D eigenvalue weighted by atomic mass is 10.1. The molecule has 0 amide bonds. The molecule has 0 aliphatic carbocycles. The van der Waals surface area contributed by atoms with Crippen molar-refractivity contribution in [2.24, 2.45) is 4.99 Å². The molecule has 1 rings (SSSR count). The lowest BCUT2D eigenvalue weighted by molar-refractivity contribution is 0.830. The molecule has 2 nitrogen and oxygen atoms in total. The van der Waals surface area contributed by atoms with Gasteiger partial charge in [0.05, 0.1) is 0 Å². The average molecular weight is 226 g/mol. The van der Waals surface area contributed by atoms with Crippen molar-refractivity contribution in [1.82, 2.24) is 5.32 Å². The number of hydrogen-bond donors (Lipinski definition) is 1. The van der Waals surface area contributed by atoms with E-state index in [-0.39, 0.29) is 1.43 Å². The van der Waals surface area contributed by atoms with Gasteiger partial charge in [0.15, 0.2) is 0 Å². The van der Waals surface area contributed by atoms with E-state index in [1.807, 2.05) is 33.9 Å². The molecule has 0 unspecified atom stereocenters. The summed E-state index contributed by atoms with van der Waals surface area (Å²) in [5.41, 5.74) is 2.53. The van der Waals surface area contributed by atoms with Gasteiger partial charge in [-0.25, -0.2) is 0 Å². The molecule has 0 spiro atoms. The molecule has 0 aromatic heterocycles. The van der Waals surface area contributed by atoms with Gasteiger partial charge in [-0.3, -0.25) is 4.99 Å². The van der Waals surface area contributed by atoms with E-state index in [0.29, 0.717) is 6.04 Å². The highest BCUT2D eigenvalue weighted by Crippen LogP contribution is 2.11. The second-order valence-electron chi connectivity index (χ2n) is 3.46. The molecule has 2 heteroatoms. The Labute approximate surface area is 103 Å². The van der Waals surface area contributed by atoms with Crippen LogP contribution in [0, 0.1) is 0 Å². The van der Waals surface area contributed by atoms with Crippen LogP contribution in [0.5, 0.6) is 0 Å². The van der Waals surface area contributed by atoms with Crippen molar-refractivity contribution >= 4 is 5.84 Å². The molecule has 1 heterocycles. The van der Waals surface area contributed by atoms with Crippen molar-refractivity contribution in [2.45, 2.75) is 61.4 Å². The lowest BCUT2D eigenvalue weighted by Gasteiger charge is -2.04. The van der Waals surface area contributed by atoms with E-state index < -0.39 is 0 Å². The van der Waals surface area contributed by atoms with Crippen LogP contribution in [0.15, 0.2) is 28.4 Å². The van der Waals surface area contributed by atoms with E-state index in [9.17, 15) is 0 Å². The average Bonchev–Trinajstić information content (AvgIpc) is 2.71. The van der Waals surface area contributed by atoms with E-state index in [0.717, 1.165) is 5.84 Å². The van der Waals surface area contributed by atoms with Gasteiger partial charge in [0, 0.05) is 19.2 Å². The maximum Gasteiger partial charge on any atom is 0.132 e. The van der Waals surface area contributed by atoms with Crippen LogP contribution in [-0.4, -0.2) is 11.9 Å². The Bertz CT molecular complexity index is 259. The summed E-state index contributed by atoms with van der Waals surface area (Å²) in [5, 5.41) is 3.13. The van der Waals surface area contributed by atoms with Crippen molar-refractivity contribution < 1.29 is 1.43 Å². The Kier molecular flexibility index (Phi) is 11.3. The van der Waals surface area contributed by atoms with Gasteiger partial charge in [0.2, 0.25) is 0 Å². The summed E-state index contributed by atoms with van der Waals surface area (Å²) in [6.45, 7) is 16.4. The molecule has 0 radical (unpaired) electrons. The monoisotopic (exact) mass is 226 g/mol. The van der Waals surface area contributed by atoms with Gasteiger partial charge < -0.3 is 5.32 Å². The minimum absolute atomic E-state index is 0. The summed E-state index contributed by atoms with van der Waals surface area (Å²) in [6, 6.07) is 0.349. The van der Waals surface area contributed by atoms with Crippen LogP contribution in [-0.2, 0) is 0 Å². The number of nitrogens with zero attached hydrogens (tertiary/aromatic N) is 1. The number of nitrogens with one attached hydrogen (secondary N) is 1. The third kappa shape index (κ3) is 6.44. The fourth-order valence-electron chi connectivity index (χ4n) is 1.13. The zero-order valence-electron chi connectivity index (χ0n) is 12.2. The van der Waals surface area contributed by atoms with Crippen molar-refractivity contribution in [1.29, 1.82) is 0 Å². The number of allylic oxidation sites excluding steroid dienone is 1. The minimum Gasteiger partial charge on any atom is -0.346 e. The fraction of sp³-hybridized carbons (Fsp3) is 0.643. The Hall–Kier alpha value is -1.05. The topological polar surface area (TPSA) is 24.4 Å². The first-order valence-corrected chi connectivity index (χ1v) is 6.30. The summed E-state index contributed by atoms with van der Waals surface area (Å²) >= 11 is 0. The van der Waals surface area contributed by atoms with E-state index >= 15 is 0 Å². The molecule has 16 heavy (non-hydrogen) atoms. The second kappa shape index (κ2) is 10.5. The maximum atomic E-state index is 4.46. The van der Waals surface area contributed by atoms with Gasteiger partial charge in [0.1, 0.15) is 5.84 Å². The summed E-state index contributed by atoms with van der Waals surface area (Å²) in [7, 11) is 0. The number of amidine groups is 1. The Morgan fingerprint density at radius 2 is 1.69 bits per heavy atom. The molecule has 0 aromatic carbocycles. The van der Waals surface area contributed by atoms with E-state index in [2.05, 4.69) is 44.1 Å². The van der Waals surface area contributed by atoms with Crippen molar-refractivity contribution in [3.63, 3.8) is 0 Å². The van der Waals surface area contributed by atoms with Crippen molar-refractivity contribution in [3.8, 4) is 0 Å². The van der Waals surface area contributed by atoms with Gasteiger partial charge in [-0.15, -0.1) is 0 Å². The second-order valence-corrected chi connectivity index (χ2v) is 3.46. The van der Waals surface area contributed by atoms with Crippen LogP contribution in [0.3, 0.4) is 0 Å². The molecule has 1 aliphatic heterocycles. The fourth-order valence-corrected chi connectivity index (χ4v) is 1.13. The molecule has 0 bridgehead atoms. The molecule has 0 atom stereocenters. The molecule has 1 N–H and O–H groups in total. The van der Waals surface area contributed by atoms with Gasteiger partial charge in [-0.05, 0) is 33.8 Å². The third-order valence-electron chi connectivity index (χ3n) is 1.65. The number of aliphatic imine (C=N–C) groups is 1. The molecule has 0 saturated carbocycles. The standard InChI is InChI=1S/C10H16N2.2C2H6.H2/c1-7(2)9-5-6-11-10(9)12-8(3)4;2*1-2;/h5-6,8H,1-4H3,(H,11,12);2*1-2H3;1H. The minimum atomic E-state index is 0. The molecule has 0 fully saturated rings. The Balaban J connectivity index is -0.000000355. The van der Waals surface area contributed by atoms with Crippen molar-refractivity contribution in [2.75, 3.05) is 0 Å². The molecular formula is C14H30N2. The predicted octanol–water partition coefficient (Wildman–Crippen LogP) is 4.55. The highest BCUT2D eigenvalue weighted by molar-refractivity contribution is 6.04. The van der Waals surface area contributed by atoms with E-state index in [1.165, 1.54) is 11.1 Å². The van der Waals surface area contributed by atoms with Gasteiger partial charge in [-0.1, -0.05) is 33.3 Å². The molecule has 96 valence electrons. The normalized spacial score (nSPS) is 15.1. The van der Waals surface area contributed by atoms with E-state index in [4.69, 9.17) is 0 Å². The quantitative estimate of drug-likeness (QED) is 0.697. The Morgan fingerprint density at radius 3 is 2.06 bits per heavy atom. The lowest BCUT2D eigenvalue weighted by Crippen LogP contribution is -2.15. The van der Waals surface area contributed by atoms with Crippen LogP contribution < -0.4 is 5.32 Å². The smallest absolute Gasteiger partial charge is 0.132 e. The molecule has 1 aliphatic rings. The van der Waals surface area contributed by atoms with Crippen LogP contribution in [0.2, 0.25) is 0 Å². The number of rotatable bonds is 1. The highest BCUT2D eigenvalue weighted by Gasteiger charge is 2.09. The summed E-state index contributed by atoms with van der Waals surface area (Å²) in [5.74, 6) is 1.00.